The van der Waals surface area contributed by atoms with E-state index in [0.717, 1.165) is 23.1 Å². The minimum Gasteiger partial charge on any atom is -0.308 e. The van der Waals surface area contributed by atoms with E-state index in [-0.39, 0.29) is 11.9 Å². The number of halogens is 2. The average Bonchev–Trinajstić information content (AvgIpc) is 2.81. The quantitative estimate of drug-likeness (QED) is 0.922. The lowest BCUT2D eigenvalue weighted by Gasteiger charge is -2.15. The molecule has 0 aliphatic heterocycles. The molecule has 0 fully saturated rings. The van der Waals surface area contributed by atoms with Crippen molar-refractivity contribution < 1.29 is 4.39 Å². The van der Waals surface area contributed by atoms with Gasteiger partial charge in [-0.3, -0.25) is 4.68 Å². The second-order valence-electron chi connectivity index (χ2n) is 4.01. The van der Waals surface area contributed by atoms with Gasteiger partial charge >= 0.3 is 0 Å². The van der Waals surface area contributed by atoms with E-state index in [1.807, 2.05) is 13.1 Å². The summed E-state index contributed by atoms with van der Waals surface area (Å²) < 4.78 is 15.5. The molecule has 2 aromatic rings. The smallest absolute Gasteiger partial charge is 0.124 e. The lowest BCUT2D eigenvalue weighted by molar-refractivity contribution is 0.497. The highest BCUT2D eigenvalue weighted by atomic mass is 79.9. The molecule has 0 saturated heterocycles. The van der Waals surface area contributed by atoms with Crippen molar-refractivity contribution in [2.45, 2.75) is 19.5 Å². The van der Waals surface area contributed by atoms with Gasteiger partial charge in [-0.05, 0) is 24.6 Å². The van der Waals surface area contributed by atoms with Crippen molar-refractivity contribution in [3.05, 3.63) is 46.4 Å². The molecule has 1 aromatic heterocycles. The van der Waals surface area contributed by atoms with Crippen LogP contribution >= 0.6 is 15.9 Å². The second kappa shape index (κ2) is 6.06. The van der Waals surface area contributed by atoms with Gasteiger partial charge in [-0.2, -0.15) is 0 Å². The van der Waals surface area contributed by atoms with Crippen LogP contribution in [0, 0.1) is 5.82 Å². The van der Waals surface area contributed by atoms with E-state index in [1.165, 1.54) is 12.1 Å². The molecular weight excluding hydrogens is 299 g/mol. The number of benzene rings is 1. The Labute approximate surface area is 113 Å². The molecule has 6 heteroatoms. The molecule has 0 aliphatic carbocycles. The van der Waals surface area contributed by atoms with Gasteiger partial charge in [-0.1, -0.05) is 27.2 Å². The summed E-state index contributed by atoms with van der Waals surface area (Å²) in [4.78, 5) is 0. The van der Waals surface area contributed by atoms with Gasteiger partial charge in [0.15, 0.2) is 0 Å². The summed E-state index contributed by atoms with van der Waals surface area (Å²) in [5, 5.41) is 11.0. The normalized spacial score (nSPS) is 12.6. The highest BCUT2D eigenvalue weighted by molar-refractivity contribution is 9.10. The van der Waals surface area contributed by atoms with Crippen LogP contribution in [0.1, 0.15) is 18.5 Å². The number of hydrogen-bond donors (Lipinski definition) is 1. The summed E-state index contributed by atoms with van der Waals surface area (Å²) >= 11 is 3.37. The average molecular weight is 313 g/mol. The van der Waals surface area contributed by atoms with Crippen molar-refractivity contribution in [3.8, 4) is 0 Å². The summed E-state index contributed by atoms with van der Waals surface area (Å²) in [5.74, 6) is -0.236. The number of nitrogens with zero attached hydrogens (tertiary/aromatic N) is 3. The van der Waals surface area contributed by atoms with Crippen molar-refractivity contribution in [1.29, 1.82) is 0 Å². The molecule has 18 heavy (non-hydrogen) atoms. The van der Waals surface area contributed by atoms with Crippen LogP contribution in [-0.2, 0) is 6.54 Å². The molecule has 1 atom stereocenters. The fourth-order valence-electron chi connectivity index (χ4n) is 1.71. The Hall–Kier alpha value is -1.27. The van der Waals surface area contributed by atoms with Crippen LogP contribution in [0.4, 0.5) is 4.39 Å². The van der Waals surface area contributed by atoms with Crippen LogP contribution in [0.15, 0.2) is 35.1 Å². The van der Waals surface area contributed by atoms with Crippen LogP contribution in [0.5, 0.6) is 0 Å². The van der Waals surface area contributed by atoms with Crippen LogP contribution in [0.2, 0.25) is 0 Å². The largest absolute Gasteiger partial charge is 0.308 e. The van der Waals surface area contributed by atoms with Crippen LogP contribution in [-0.4, -0.2) is 21.5 Å². The van der Waals surface area contributed by atoms with Gasteiger partial charge in [0.25, 0.3) is 0 Å². The topological polar surface area (TPSA) is 42.7 Å². The predicted octanol–water partition coefficient (Wildman–Crippen LogP) is 2.53. The molecule has 0 saturated carbocycles. The SMILES string of the molecule is CC(NCCn1ccnn1)c1ccc(F)cc1Br. The molecule has 2 rings (SSSR count). The highest BCUT2D eigenvalue weighted by Crippen LogP contribution is 2.23. The first-order chi connectivity index (χ1) is 8.66. The molecule has 0 amide bonds. The first-order valence-electron chi connectivity index (χ1n) is 5.69. The van der Waals surface area contributed by atoms with Gasteiger partial charge in [0.2, 0.25) is 0 Å². The third-order valence-electron chi connectivity index (χ3n) is 2.69. The molecule has 4 nitrogen and oxygen atoms in total. The molecule has 1 N–H and O–H groups in total. The van der Waals surface area contributed by atoms with Crippen LogP contribution in [0.25, 0.3) is 0 Å². The first kappa shape index (κ1) is 13.2. The third kappa shape index (κ3) is 3.36. The number of nitrogens with one attached hydrogen (secondary N) is 1. The Bertz CT molecular complexity index is 501. The third-order valence-corrected chi connectivity index (χ3v) is 3.38. The molecule has 0 aliphatic rings. The summed E-state index contributed by atoms with van der Waals surface area (Å²) in [7, 11) is 0. The molecule has 0 radical (unpaired) electrons. The van der Waals surface area contributed by atoms with E-state index in [9.17, 15) is 4.39 Å². The van der Waals surface area contributed by atoms with E-state index in [2.05, 4.69) is 31.6 Å². The fourth-order valence-corrected chi connectivity index (χ4v) is 2.40. The number of aromatic nitrogens is 3. The maximum absolute atomic E-state index is 13.0. The van der Waals surface area contributed by atoms with Gasteiger partial charge < -0.3 is 5.32 Å². The van der Waals surface area contributed by atoms with Gasteiger partial charge in [-0.15, -0.1) is 5.10 Å². The predicted molar refractivity (Wildman–Crippen MR) is 70.5 cm³/mol. The van der Waals surface area contributed by atoms with Crippen molar-refractivity contribution in [1.82, 2.24) is 20.3 Å². The van der Waals surface area contributed by atoms with E-state index < -0.39 is 0 Å². The maximum atomic E-state index is 13.0. The lowest BCUT2D eigenvalue weighted by atomic mass is 10.1. The van der Waals surface area contributed by atoms with Crippen molar-refractivity contribution in [2.24, 2.45) is 0 Å². The van der Waals surface area contributed by atoms with E-state index in [0.29, 0.717) is 0 Å². The zero-order chi connectivity index (χ0) is 13.0. The standard InChI is InChI=1S/C12H14BrFN4/c1-9(11-3-2-10(14)8-12(11)13)15-4-6-18-7-5-16-17-18/h2-3,5,7-9,15H,4,6H2,1H3. The Morgan fingerprint density at radius 3 is 3.00 bits per heavy atom. The number of hydrogen-bond acceptors (Lipinski definition) is 3. The zero-order valence-corrected chi connectivity index (χ0v) is 11.6. The molecule has 0 spiro atoms. The monoisotopic (exact) mass is 312 g/mol. The van der Waals surface area contributed by atoms with Gasteiger partial charge in [0.05, 0.1) is 12.7 Å². The molecule has 0 bridgehead atoms. The van der Waals surface area contributed by atoms with Crippen molar-refractivity contribution in [3.63, 3.8) is 0 Å². The Morgan fingerprint density at radius 1 is 1.50 bits per heavy atom. The Balaban J connectivity index is 1.89. The van der Waals surface area contributed by atoms with Gasteiger partial charge in [-0.25, -0.2) is 4.39 Å². The van der Waals surface area contributed by atoms with Gasteiger partial charge in [0, 0.05) is 23.3 Å². The van der Waals surface area contributed by atoms with Crippen molar-refractivity contribution in [2.75, 3.05) is 6.54 Å². The number of rotatable bonds is 5. The highest BCUT2D eigenvalue weighted by Gasteiger charge is 2.09. The van der Waals surface area contributed by atoms with Crippen molar-refractivity contribution >= 4 is 15.9 Å². The first-order valence-corrected chi connectivity index (χ1v) is 6.48. The molecule has 1 unspecified atom stereocenters. The molecule has 1 aromatic carbocycles. The van der Waals surface area contributed by atoms with Gasteiger partial charge in [0.1, 0.15) is 5.82 Å². The minimum atomic E-state index is -0.236. The Morgan fingerprint density at radius 2 is 2.33 bits per heavy atom. The summed E-state index contributed by atoms with van der Waals surface area (Å²) in [6, 6.07) is 4.87. The molecule has 1 heterocycles. The van der Waals surface area contributed by atoms with Crippen LogP contribution < -0.4 is 5.32 Å². The summed E-state index contributed by atoms with van der Waals surface area (Å²) in [6.45, 7) is 3.57. The van der Waals surface area contributed by atoms with E-state index >= 15 is 0 Å². The Kier molecular flexibility index (Phi) is 4.43. The summed E-state index contributed by atoms with van der Waals surface area (Å²) in [6.07, 6.45) is 3.47. The molecule has 96 valence electrons. The fraction of sp³-hybridized carbons (Fsp3) is 0.333. The van der Waals surface area contributed by atoms with E-state index in [1.54, 1.807) is 16.9 Å². The maximum Gasteiger partial charge on any atom is 0.124 e. The summed E-state index contributed by atoms with van der Waals surface area (Å²) in [5.41, 5.74) is 1.04. The second-order valence-corrected chi connectivity index (χ2v) is 4.86. The van der Waals surface area contributed by atoms with E-state index in [4.69, 9.17) is 0 Å². The minimum absolute atomic E-state index is 0.142. The molecular formula is C12H14BrFN4. The zero-order valence-electron chi connectivity index (χ0n) is 9.98. The lowest BCUT2D eigenvalue weighted by Crippen LogP contribution is -2.23. The van der Waals surface area contributed by atoms with Crippen LogP contribution in [0.3, 0.4) is 0 Å².